The molecule has 22 heavy (non-hydrogen) atoms. The van der Waals surface area contributed by atoms with E-state index in [2.05, 4.69) is 4.98 Å². The largest absolute Gasteiger partial charge is 0.497 e. The van der Waals surface area contributed by atoms with Crippen LogP contribution in [0, 0.1) is 0 Å². The number of imidazole rings is 1. The number of para-hydroxylation sites is 2. The minimum Gasteiger partial charge on any atom is -0.497 e. The lowest BCUT2D eigenvalue weighted by molar-refractivity contribution is 0.0934. The lowest BCUT2D eigenvalue weighted by Crippen LogP contribution is -2.23. The Kier molecular flexibility index (Phi) is 4.25. The van der Waals surface area contributed by atoms with Gasteiger partial charge < -0.3 is 19.1 Å². The third-order valence-electron chi connectivity index (χ3n) is 3.44. The number of methoxy groups -OCH3 is 1. The van der Waals surface area contributed by atoms with Crippen LogP contribution in [0.2, 0.25) is 0 Å². The molecule has 0 fully saturated rings. The fourth-order valence-electron chi connectivity index (χ4n) is 2.30. The Bertz CT molecular complexity index is 737. The van der Waals surface area contributed by atoms with Crippen molar-refractivity contribution in [2.24, 2.45) is 0 Å². The molecule has 1 aromatic heterocycles. The van der Waals surface area contributed by atoms with Gasteiger partial charge in [-0.2, -0.15) is 0 Å². The first-order valence-electron chi connectivity index (χ1n) is 7.11. The average molecular weight is 298 g/mol. The van der Waals surface area contributed by atoms with Gasteiger partial charge in [-0.05, 0) is 36.4 Å². The molecule has 0 unspecified atom stereocenters. The molecule has 0 aliphatic carbocycles. The van der Waals surface area contributed by atoms with Crippen LogP contribution in [0.1, 0.15) is 0 Å². The van der Waals surface area contributed by atoms with E-state index in [1.807, 2.05) is 53.1 Å². The Morgan fingerprint density at radius 3 is 2.59 bits per heavy atom. The van der Waals surface area contributed by atoms with Gasteiger partial charge in [-0.15, -0.1) is 0 Å². The number of rotatable bonds is 6. The van der Waals surface area contributed by atoms with E-state index in [0.717, 1.165) is 16.8 Å². The highest BCUT2D eigenvalue weighted by Crippen LogP contribution is 2.17. The molecule has 1 heterocycles. The molecule has 0 spiro atoms. The molecule has 0 bridgehead atoms. The molecule has 114 valence electrons. The third kappa shape index (κ3) is 3.20. The molecule has 0 aliphatic heterocycles. The molecule has 3 rings (SSSR count). The summed E-state index contributed by atoms with van der Waals surface area (Å²) in [6.07, 6.45) is 1.13. The van der Waals surface area contributed by atoms with Gasteiger partial charge in [0.2, 0.25) is 0 Å². The van der Waals surface area contributed by atoms with Crippen molar-refractivity contribution < 1.29 is 14.6 Å². The van der Waals surface area contributed by atoms with Crippen molar-refractivity contribution in [1.82, 2.24) is 9.55 Å². The number of aromatic nitrogens is 2. The van der Waals surface area contributed by atoms with Gasteiger partial charge in [0.15, 0.2) is 0 Å². The van der Waals surface area contributed by atoms with Crippen LogP contribution in [0.4, 0.5) is 0 Å². The Hall–Kier alpha value is -2.53. The summed E-state index contributed by atoms with van der Waals surface area (Å²) in [6.45, 7) is 0.662. The van der Waals surface area contributed by atoms with E-state index in [0.29, 0.717) is 12.3 Å². The Morgan fingerprint density at radius 2 is 1.82 bits per heavy atom. The van der Waals surface area contributed by atoms with Crippen molar-refractivity contribution in [2.75, 3.05) is 13.7 Å². The van der Waals surface area contributed by atoms with E-state index < -0.39 is 6.10 Å². The molecule has 0 amide bonds. The van der Waals surface area contributed by atoms with Gasteiger partial charge in [-0.1, -0.05) is 12.1 Å². The molecule has 0 radical (unpaired) electrons. The summed E-state index contributed by atoms with van der Waals surface area (Å²) in [7, 11) is 1.62. The van der Waals surface area contributed by atoms with Gasteiger partial charge in [-0.3, -0.25) is 0 Å². The number of hydrogen-bond donors (Lipinski definition) is 1. The zero-order valence-corrected chi connectivity index (χ0v) is 12.3. The SMILES string of the molecule is COc1ccc(OC[C@@H](O)Cn2cnc3ccccc32)cc1. The molecular formula is C17H18N2O3. The van der Waals surface area contributed by atoms with E-state index in [1.165, 1.54) is 0 Å². The number of benzene rings is 2. The molecule has 1 atom stereocenters. The standard InChI is InChI=1S/C17H18N2O3/c1-21-14-6-8-15(9-7-14)22-11-13(20)10-19-12-18-16-4-2-3-5-17(16)19/h2-9,12-13,20H,10-11H2,1H3/t13-/m0/s1. The normalized spacial score (nSPS) is 12.3. The minimum atomic E-state index is -0.611. The lowest BCUT2D eigenvalue weighted by Gasteiger charge is -2.13. The third-order valence-corrected chi connectivity index (χ3v) is 3.44. The van der Waals surface area contributed by atoms with Crippen molar-refractivity contribution in [1.29, 1.82) is 0 Å². The van der Waals surface area contributed by atoms with Gasteiger partial charge in [0, 0.05) is 0 Å². The van der Waals surface area contributed by atoms with E-state index in [9.17, 15) is 5.11 Å². The van der Waals surface area contributed by atoms with Crippen LogP contribution in [0.5, 0.6) is 11.5 Å². The van der Waals surface area contributed by atoms with Gasteiger partial charge >= 0.3 is 0 Å². The van der Waals surface area contributed by atoms with Crippen LogP contribution < -0.4 is 9.47 Å². The summed E-state index contributed by atoms with van der Waals surface area (Å²) < 4.78 is 12.6. The lowest BCUT2D eigenvalue weighted by atomic mass is 10.3. The summed E-state index contributed by atoms with van der Waals surface area (Å²) in [6, 6.07) is 15.1. The van der Waals surface area contributed by atoms with Crippen LogP contribution in [0.25, 0.3) is 11.0 Å². The van der Waals surface area contributed by atoms with Crippen molar-refractivity contribution in [2.45, 2.75) is 12.6 Å². The zero-order chi connectivity index (χ0) is 15.4. The van der Waals surface area contributed by atoms with Crippen LogP contribution in [0.15, 0.2) is 54.9 Å². The summed E-state index contributed by atoms with van der Waals surface area (Å²) in [4.78, 5) is 4.31. The Balaban J connectivity index is 1.59. The van der Waals surface area contributed by atoms with Crippen molar-refractivity contribution in [3.63, 3.8) is 0 Å². The fraction of sp³-hybridized carbons (Fsp3) is 0.235. The first-order chi connectivity index (χ1) is 10.8. The number of aliphatic hydroxyl groups excluding tert-OH is 1. The second kappa shape index (κ2) is 6.49. The molecule has 2 aromatic carbocycles. The number of fused-ring (bicyclic) bond motifs is 1. The predicted molar refractivity (Wildman–Crippen MR) is 84.2 cm³/mol. The minimum absolute atomic E-state index is 0.221. The molecule has 5 nitrogen and oxygen atoms in total. The molecule has 0 saturated heterocycles. The highest BCUT2D eigenvalue weighted by atomic mass is 16.5. The van der Waals surface area contributed by atoms with Crippen LogP contribution in [-0.4, -0.2) is 34.5 Å². The van der Waals surface area contributed by atoms with E-state index in [-0.39, 0.29) is 6.61 Å². The average Bonchev–Trinajstić information content (AvgIpc) is 2.97. The molecule has 0 saturated carbocycles. The summed E-state index contributed by atoms with van der Waals surface area (Å²) in [5, 5.41) is 10.1. The van der Waals surface area contributed by atoms with E-state index in [4.69, 9.17) is 9.47 Å². The van der Waals surface area contributed by atoms with Crippen LogP contribution in [-0.2, 0) is 6.54 Å². The van der Waals surface area contributed by atoms with Gasteiger partial charge in [0.05, 0.1) is 31.0 Å². The van der Waals surface area contributed by atoms with Crippen molar-refractivity contribution in [3.8, 4) is 11.5 Å². The van der Waals surface area contributed by atoms with Crippen molar-refractivity contribution in [3.05, 3.63) is 54.9 Å². The number of aliphatic hydroxyl groups is 1. The monoisotopic (exact) mass is 298 g/mol. The summed E-state index contributed by atoms with van der Waals surface area (Å²) >= 11 is 0. The van der Waals surface area contributed by atoms with Crippen LogP contribution >= 0.6 is 0 Å². The van der Waals surface area contributed by atoms with Gasteiger partial charge in [-0.25, -0.2) is 4.98 Å². The maximum atomic E-state index is 10.1. The fourth-order valence-corrected chi connectivity index (χ4v) is 2.30. The summed E-state index contributed by atoms with van der Waals surface area (Å²) in [5.41, 5.74) is 1.93. The molecule has 5 heteroatoms. The molecular weight excluding hydrogens is 280 g/mol. The number of hydrogen-bond acceptors (Lipinski definition) is 4. The number of ether oxygens (including phenoxy) is 2. The van der Waals surface area contributed by atoms with Crippen LogP contribution in [0.3, 0.4) is 0 Å². The highest BCUT2D eigenvalue weighted by molar-refractivity contribution is 5.74. The quantitative estimate of drug-likeness (QED) is 0.759. The first kappa shape index (κ1) is 14.4. The highest BCUT2D eigenvalue weighted by Gasteiger charge is 2.09. The molecule has 1 N–H and O–H groups in total. The maximum absolute atomic E-state index is 10.1. The summed E-state index contributed by atoms with van der Waals surface area (Å²) in [5.74, 6) is 1.48. The molecule has 3 aromatic rings. The number of nitrogens with zero attached hydrogens (tertiary/aromatic N) is 2. The maximum Gasteiger partial charge on any atom is 0.119 e. The van der Waals surface area contributed by atoms with E-state index in [1.54, 1.807) is 13.4 Å². The first-order valence-corrected chi connectivity index (χ1v) is 7.11. The second-order valence-electron chi connectivity index (χ2n) is 5.03. The van der Waals surface area contributed by atoms with E-state index >= 15 is 0 Å². The van der Waals surface area contributed by atoms with Gasteiger partial charge in [0.25, 0.3) is 0 Å². The molecule has 0 aliphatic rings. The van der Waals surface area contributed by atoms with Crippen molar-refractivity contribution >= 4 is 11.0 Å². The zero-order valence-electron chi connectivity index (χ0n) is 12.3. The smallest absolute Gasteiger partial charge is 0.119 e. The topological polar surface area (TPSA) is 56.5 Å². The predicted octanol–water partition coefficient (Wildman–Crippen LogP) is 2.48. The van der Waals surface area contributed by atoms with Gasteiger partial charge in [0.1, 0.15) is 24.2 Å². The second-order valence-corrected chi connectivity index (χ2v) is 5.03. The Labute approximate surface area is 128 Å². The Morgan fingerprint density at radius 1 is 1.09 bits per heavy atom.